The molecular formula is C17H23N3OS2. The highest BCUT2D eigenvalue weighted by Gasteiger charge is 2.20. The molecule has 4 nitrogen and oxygen atoms in total. The van der Waals surface area contributed by atoms with E-state index in [1.165, 1.54) is 16.6 Å². The third-order valence-corrected chi connectivity index (χ3v) is 5.06. The van der Waals surface area contributed by atoms with E-state index in [0.717, 1.165) is 23.0 Å². The van der Waals surface area contributed by atoms with Gasteiger partial charge in [-0.1, -0.05) is 19.9 Å². The molecule has 124 valence electrons. The molecule has 0 aliphatic rings. The van der Waals surface area contributed by atoms with Gasteiger partial charge in [0.15, 0.2) is 0 Å². The van der Waals surface area contributed by atoms with Gasteiger partial charge in [-0.05, 0) is 31.5 Å². The van der Waals surface area contributed by atoms with Gasteiger partial charge in [0.2, 0.25) is 0 Å². The van der Waals surface area contributed by atoms with E-state index in [9.17, 15) is 4.79 Å². The minimum atomic E-state index is -0.0915. The number of aromatic nitrogens is 2. The first-order chi connectivity index (χ1) is 10.9. The Morgan fingerprint density at radius 1 is 1.35 bits per heavy atom. The zero-order chi connectivity index (χ0) is 17.0. The normalized spacial score (nSPS) is 12.4. The molecule has 1 amide bonds. The summed E-state index contributed by atoms with van der Waals surface area (Å²) in [5.74, 6) is 0.940. The first-order valence-corrected chi connectivity index (χ1v) is 9.78. The zero-order valence-electron chi connectivity index (χ0n) is 14.2. The minimum Gasteiger partial charge on any atom is -0.349 e. The number of aryl methyl sites for hydroxylation is 1. The van der Waals surface area contributed by atoms with Crippen LogP contribution in [-0.2, 0) is 6.42 Å². The van der Waals surface area contributed by atoms with Crippen LogP contribution in [0.15, 0.2) is 22.5 Å². The lowest BCUT2D eigenvalue weighted by atomic mass is 10.1. The van der Waals surface area contributed by atoms with E-state index in [1.807, 2.05) is 26.2 Å². The molecule has 2 heterocycles. The highest BCUT2D eigenvalue weighted by atomic mass is 32.2. The Bertz CT molecular complexity index is 669. The maximum Gasteiger partial charge on any atom is 0.256 e. The van der Waals surface area contributed by atoms with Crippen molar-refractivity contribution in [2.75, 3.05) is 6.26 Å². The number of hydrogen-bond donors (Lipinski definition) is 1. The van der Waals surface area contributed by atoms with Gasteiger partial charge >= 0.3 is 0 Å². The lowest BCUT2D eigenvalue weighted by Gasteiger charge is -2.16. The molecule has 1 atom stereocenters. The number of thiophene rings is 1. The maximum atomic E-state index is 12.7. The molecule has 2 rings (SSSR count). The fourth-order valence-electron chi connectivity index (χ4n) is 2.31. The Kier molecular flexibility index (Phi) is 6.18. The summed E-state index contributed by atoms with van der Waals surface area (Å²) in [6.45, 7) is 8.02. The Morgan fingerprint density at radius 3 is 2.65 bits per heavy atom. The van der Waals surface area contributed by atoms with Crippen molar-refractivity contribution in [3.8, 4) is 0 Å². The number of carbonyl (C=O) groups is 1. The highest BCUT2D eigenvalue weighted by Crippen LogP contribution is 2.23. The van der Waals surface area contributed by atoms with E-state index in [4.69, 9.17) is 0 Å². The lowest BCUT2D eigenvalue weighted by Crippen LogP contribution is -2.35. The molecular weight excluding hydrogens is 326 g/mol. The molecule has 0 spiro atoms. The van der Waals surface area contributed by atoms with Gasteiger partial charge in [-0.3, -0.25) is 4.79 Å². The molecule has 1 N–H and O–H groups in total. The Labute approximate surface area is 146 Å². The molecule has 2 aromatic heterocycles. The Hall–Kier alpha value is -1.40. The molecule has 0 bridgehead atoms. The Balaban J connectivity index is 2.18. The first kappa shape index (κ1) is 17.9. The van der Waals surface area contributed by atoms with Gasteiger partial charge in [0.05, 0.1) is 11.3 Å². The van der Waals surface area contributed by atoms with Gasteiger partial charge < -0.3 is 5.32 Å². The fourth-order valence-corrected chi connectivity index (χ4v) is 3.78. The molecule has 0 saturated carbocycles. The smallest absolute Gasteiger partial charge is 0.256 e. The van der Waals surface area contributed by atoms with Crippen LogP contribution < -0.4 is 5.32 Å². The molecule has 0 aromatic carbocycles. The van der Waals surface area contributed by atoms with Crippen molar-refractivity contribution in [2.24, 2.45) is 0 Å². The monoisotopic (exact) mass is 349 g/mol. The fraction of sp³-hybridized carbons (Fsp3) is 0.471. The number of hydrogen-bond acceptors (Lipinski definition) is 5. The second-order valence-corrected chi connectivity index (χ2v) is 7.69. The molecule has 0 aliphatic carbocycles. The van der Waals surface area contributed by atoms with Crippen LogP contribution in [0.5, 0.6) is 0 Å². The lowest BCUT2D eigenvalue weighted by molar-refractivity contribution is 0.0935. The summed E-state index contributed by atoms with van der Waals surface area (Å²) >= 11 is 3.20. The van der Waals surface area contributed by atoms with Crippen LogP contribution in [0, 0.1) is 6.92 Å². The van der Waals surface area contributed by atoms with Gasteiger partial charge in [-0.15, -0.1) is 23.1 Å². The van der Waals surface area contributed by atoms with Gasteiger partial charge in [-0.2, -0.15) is 0 Å². The van der Waals surface area contributed by atoms with E-state index in [1.54, 1.807) is 11.3 Å². The van der Waals surface area contributed by atoms with Crippen molar-refractivity contribution >= 4 is 29.0 Å². The average Bonchev–Trinajstić information content (AvgIpc) is 2.98. The average molecular weight is 350 g/mol. The van der Waals surface area contributed by atoms with Gasteiger partial charge in [0.25, 0.3) is 5.91 Å². The number of nitrogens with zero attached hydrogens (tertiary/aromatic N) is 2. The van der Waals surface area contributed by atoms with Crippen molar-refractivity contribution in [1.82, 2.24) is 15.3 Å². The molecule has 6 heteroatoms. The SMILES string of the molecule is CSc1nc(C(C)C)nc(C)c1C(=O)NC(C)Cc1cccs1. The van der Waals surface area contributed by atoms with Crippen LogP contribution >= 0.6 is 23.1 Å². The highest BCUT2D eigenvalue weighted by molar-refractivity contribution is 7.98. The first-order valence-electron chi connectivity index (χ1n) is 7.68. The summed E-state index contributed by atoms with van der Waals surface area (Å²) in [5, 5.41) is 5.88. The van der Waals surface area contributed by atoms with Crippen molar-refractivity contribution < 1.29 is 4.79 Å². The second kappa shape index (κ2) is 7.93. The van der Waals surface area contributed by atoms with Crippen molar-refractivity contribution in [1.29, 1.82) is 0 Å². The third kappa shape index (κ3) is 4.54. The Morgan fingerprint density at radius 2 is 2.09 bits per heavy atom. The van der Waals surface area contributed by atoms with Crippen LogP contribution in [0.4, 0.5) is 0 Å². The topological polar surface area (TPSA) is 54.9 Å². The number of carbonyl (C=O) groups excluding carboxylic acids is 1. The van der Waals surface area contributed by atoms with Crippen LogP contribution in [0.25, 0.3) is 0 Å². The largest absolute Gasteiger partial charge is 0.349 e. The van der Waals surface area contributed by atoms with Crippen LogP contribution in [0.2, 0.25) is 0 Å². The predicted octanol–water partition coefficient (Wildman–Crippen LogP) is 4.05. The number of thioether (sulfide) groups is 1. The van der Waals surface area contributed by atoms with Crippen molar-refractivity contribution in [2.45, 2.75) is 51.1 Å². The van der Waals surface area contributed by atoms with E-state index < -0.39 is 0 Å². The molecule has 0 radical (unpaired) electrons. The summed E-state index contributed by atoms with van der Waals surface area (Å²) in [7, 11) is 0. The van der Waals surface area contributed by atoms with Crippen molar-refractivity contribution in [3.63, 3.8) is 0 Å². The van der Waals surface area contributed by atoms with E-state index in [2.05, 4.69) is 40.6 Å². The third-order valence-electron chi connectivity index (χ3n) is 3.48. The number of nitrogens with one attached hydrogen (secondary N) is 1. The molecule has 0 saturated heterocycles. The molecule has 23 heavy (non-hydrogen) atoms. The summed E-state index contributed by atoms with van der Waals surface area (Å²) < 4.78 is 0. The van der Waals surface area contributed by atoms with E-state index >= 15 is 0 Å². The second-order valence-electron chi connectivity index (χ2n) is 5.86. The summed E-state index contributed by atoms with van der Waals surface area (Å²) in [6.07, 6.45) is 2.78. The van der Waals surface area contributed by atoms with Crippen LogP contribution in [0.1, 0.15) is 53.4 Å². The zero-order valence-corrected chi connectivity index (χ0v) is 15.8. The summed E-state index contributed by atoms with van der Waals surface area (Å²) in [4.78, 5) is 23.0. The molecule has 2 aromatic rings. The molecule has 1 unspecified atom stereocenters. The summed E-state index contributed by atoms with van der Waals surface area (Å²) in [5.41, 5.74) is 1.34. The van der Waals surface area contributed by atoms with Crippen LogP contribution in [-0.4, -0.2) is 28.2 Å². The maximum absolute atomic E-state index is 12.7. The summed E-state index contributed by atoms with van der Waals surface area (Å²) in [6, 6.07) is 4.19. The molecule has 0 aliphatic heterocycles. The van der Waals surface area contributed by atoms with Crippen molar-refractivity contribution in [3.05, 3.63) is 39.5 Å². The molecule has 0 fully saturated rings. The number of rotatable bonds is 6. The van der Waals surface area contributed by atoms with Gasteiger partial charge in [0, 0.05) is 23.3 Å². The quantitative estimate of drug-likeness (QED) is 0.631. The van der Waals surface area contributed by atoms with Gasteiger partial charge in [0.1, 0.15) is 10.9 Å². The van der Waals surface area contributed by atoms with Gasteiger partial charge in [-0.25, -0.2) is 9.97 Å². The minimum absolute atomic E-state index is 0.0695. The van der Waals surface area contributed by atoms with E-state index in [0.29, 0.717) is 5.56 Å². The number of amides is 1. The standard InChI is InChI=1S/C17H23N3OS2/c1-10(2)15-19-12(4)14(17(20-15)22-5)16(21)18-11(3)9-13-7-6-8-23-13/h6-8,10-11H,9H2,1-5H3,(H,18,21). The predicted molar refractivity (Wildman–Crippen MR) is 97.6 cm³/mol. The van der Waals surface area contributed by atoms with Crippen LogP contribution in [0.3, 0.4) is 0 Å². The van der Waals surface area contributed by atoms with E-state index in [-0.39, 0.29) is 17.9 Å².